The molecule has 0 saturated heterocycles. The molecule has 2 aromatic rings. The maximum atomic E-state index is 12.4. The van der Waals surface area contributed by atoms with Crippen molar-refractivity contribution in [3.8, 4) is 0 Å². The Bertz CT molecular complexity index is 771. The molecule has 24 heavy (non-hydrogen) atoms. The minimum Gasteiger partial charge on any atom is -0.382 e. The van der Waals surface area contributed by atoms with Gasteiger partial charge in [-0.3, -0.25) is 10.2 Å². The molecule has 124 valence electrons. The highest BCUT2D eigenvalue weighted by Gasteiger charge is 2.31. The molecule has 3 N–H and O–H groups in total. The number of aryl methyl sites for hydroxylation is 1. The van der Waals surface area contributed by atoms with Crippen molar-refractivity contribution < 1.29 is 14.4 Å². The molecular weight excluding hydrogens is 328 g/mol. The van der Waals surface area contributed by atoms with Crippen molar-refractivity contribution in [3.63, 3.8) is 0 Å². The first-order chi connectivity index (χ1) is 11.5. The van der Waals surface area contributed by atoms with Crippen molar-refractivity contribution in [1.29, 1.82) is 0 Å². The SMILES string of the molecule is Cc1ccc(N(NC(=O)C2CC(c3cccs3)=NO2)C(N)=O)cc1. The lowest BCUT2D eigenvalue weighted by atomic mass is 10.1. The molecular formula is C16H16N4O3S. The highest BCUT2D eigenvalue weighted by molar-refractivity contribution is 7.12. The first kappa shape index (κ1) is 16.0. The van der Waals surface area contributed by atoms with Gasteiger partial charge in [-0.25, -0.2) is 9.80 Å². The van der Waals surface area contributed by atoms with E-state index < -0.39 is 18.0 Å². The zero-order valence-electron chi connectivity index (χ0n) is 12.9. The van der Waals surface area contributed by atoms with Crippen LogP contribution in [0.1, 0.15) is 16.9 Å². The summed E-state index contributed by atoms with van der Waals surface area (Å²) in [6, 6.07) is 10.1. The Balaban J connectivity index is 1.67. The van der Waals surface area contributed by atoms with Gasteiger partial charge in [-0.05, 0) is 30.5 Å². The molecule has 8 heteroatoms. The van der Waals surface area contributed by atoms with Crippen LogP contribution in [0.5, 0.6) is 0 Å². The lowest BCUT2D eigenvalue weighted by Gasteiger charge is -2.22. The van der Waals surface area contributed by atoms with Crippen LogP contribution in [0.3, 0.4) is 0 Å². The fourth-order valence-corrected chi connectivity index (χ4v) is 2.95. The molecule has 3 rings (SSSR count). The van der Waals surface area contributed by atoms with Crippen LogP contribution in [0.4, 0.5) is 10.5 Å². The second-order valence-electron chi connectivity index (χ2n) is 5.30. The molecule has 1 atom stereocenters. The number of carbonyl (C=O) groups excluding carboxylic acids is 2. The van der Waals surface area contributed by atoms with Crippen LogP contribution in [0, 0.1) is 6.92 Å². The Morgan fingerprint density at radius 1 is 1.33 bits per heavy atom. The highest BCUT2D eigenvalue weighted by Crippen LogP contribution is 2.21. The van der Waals surface area contributed by atoms with Gasteiger partial charge >= 0.3 is 6.03 Å². The van der Waals surface area contributed by atoms with E-state index in [2.05, 4.69) is 10.6 Å². The Labute approximate surface area is 142 Å². The minimum atomic E-state index is -0.797. The summed E-state index contributed by atoms with van der Waals surface area (Å²) in [5.41, 5.74) is 10.1. The van der Waals surface area contributed by atoms with Gasteiger partial charge in [-0.15, -0.1) is 11.3 Å². The molecule has 3 amide bonds. The number of anilines is 1. The number of hydrogen-bond donors (Lipinski definition) is 2. The summed E-state index contributed by atoms with van der Waals surface area (Å²) < 4.78 is 0. The third-order valence-electron chi connectivity index (χ3n) is 3.50. The summed E-state index contributed by atoms with van der Waals surface area (Å²) in [6.07, 6.45) is -0.457. The molecule has 0 bridgehead atoms. The van der Waals surface area contributed by atoms with E-state index in [1.165, 1.54) is 11.3 Å². The number of nitrogens with zero attached hydrogens (tertiary/aromatic N) is 2. The van der Waals surface area contributed by atoms with Crippen LogP contribution in [0.2, 0.25) is 0 Å². The van der Waals surface area contributed by atoms with Gasteiger partial charge in [0.2, 0.25) is 6.10 Å². The Morgan fingerprint density at radius 3 is 2.71 bits per heavy atom. The fraction of sp³-hybridized carbons (Fsp3) is 0.188. The Morgan fingerprint density at radius 2 is 2.08 bits per heavy atom. The second-order valence-corrected chi connectivity index (χ2v) is 6.25. The van der Waals surface area contributed by atoms with Crippen molar-refractivity contribution >= 4 is 34.7 Å². The monoisotopic (exact) mass is 344 g/mol. The fourth-order valence-electron chi connectivity index (χ4n) is 2.23. The van der Waals surface area contributed by atoms with E-state index in [0.29, 0.717) is 17.8 Å². The molecule has 1 aliphatic heterocycles. The molecule has 0 spiro atoms. The van der Waals surface area contributed by atoms with E-state index >= 15 is 0 Å². The van der Waals surface area contributed by atoms with E-state index in [4.69, 9.17) is 10.6 Å². The minimum absolute atomic E-state index is 0.340. The first-order valence-electron chi connectivity index (χ1n) is 7.28. The average Bonchev–Trinajstić information content (AvgIpc) is 3.24. The zero-order chi connectivity index (χ0) is 17.1. The van der Waals surface area contributed by atoms with Gasteiger partial charge in [0.05, 0.1) is 10.6 Å². The van der Waals surface area contributed by atoms with Crippen LogP contribution in [0.15, 0.2) is 46.9 Å². The second kappa shape index (κ2) is 6.71. The number of nitrogens with one attached hydrogen (secondary N) is 1. The average molecular weight is 344 g/mol. The third-order valence-corrected chi connectivity index (χ3v) is 4.42. The van der Waals surface area contributed by atoms with Crippen molar-refractivity contribution in [2.45, 2.75) is 19.4 Å². The number of thiophene rings is 1. The number of primary amides is 1. The number of carbonyl (C=O) groups is 2. The van der Waals surface area contributed by atoms with Gasteiger partial charge in [-0.2, -0.15) is 0 Å². The molecule has 0 radical (unpaired) electrons. The zero-order valence-corrected chi connectivity index (χ0v) is 13.7. The Kier molecular flexibility index (Phi) is 4.48. The van der Waals surface area contributed by atoms with Crippen molar-refractivity contribution in [3.05, 3.63) is 52.2 Å². The van der Waals surface area contributed by atoms with Gasteiger partial charge in [-0.1, -0.05) is 28.9 Å². The summed E-state index contributed by atoms with van der Waals surface area (Å²) >= 11 is 1.52. The largest absolute Gasteiger partial charge is 0.382 e. The highest BCUT2D eigenvalue weighted by atomic mass is 32.1. The van der Waals surface area contributed by atoms with Crippen molar-refractivity contribution in [2.24, 2.45) is 10.9 Å². The summed E-state index contributed by atoms with van der Waals surface area (Å²) in [5.74, 6) is -0.482. The molecule has 1 aromatic carbocycles. The van der Waals surface area contributed by atoms with Gasteiger partial charge in [0.25, 0.3) is 5.91 Å². The number of rotatable bonds is 3. The number of nitrogens with two attached hydrogens (primary N) is 1. The number of urea groups is 1. The number of benzene rings is 1. The number of hydrazine groups is 1. The molecule has 2 heterocycles. The van der Waals surface area contributed by atoms with E-state index in [0.717, 1.165) is 15.4 Å². The van der Waals surface area contributed by atoms with Crippen molar-refractivity contribution in [2.75, 3.05) is 5.01 Å². The standard InChI is InChI=1S/C16H16N4O3S/c1-10-4-6-11(7-5-10)20(16(17)22)18-15(21)13-9-12(19-23-13)14-3-2-8-24-14/h2-8,13H,9H2,1H3,(H2,17,22)(H,18,21). The summed E-state index contributed by atoms with van der Waals surface area (Å²) in [7, 11) is 0. The lowest BCUT2D eigenvalue weighted by Crippen LogP contribution is -2.52. The number of hydrogen-bond acceptors (Lipinski definition) is 5. The summed E-state index contributed by atoms with van der Waals surface area (Å²) in [5, 5.41) is 6.87. The molecule has 1 aromatic heterocycles. The number of amides is 3. The Hall–Kier alpha value is -2.87. The number of oxime groups is 1. The van der Waals surface area contributed by atoms with Gasteiger partial charge < -0.3 is 10.6 Å². The maximum Gasteiger partial charge on any atom is 0.338 e. The van der Waals surface area contributed by atoms with E-state index in [1.807, 2.05) is 36.6 Å². The maximum absolute atomic E-state index is 12.4. The van der Waals surface area contributed by atoms with Crippen LogP contribution in [-0.4, -0.2) is 23.8 Å². The summed E-state index contributed by atoms with van der Waals surface area (Å²) in [6.45, 7) is 1.92. The molecule has 0 saturated carbocycles. The van der Waals surface area contributed by atoms with Crippen LogP contribution in [-0.2, 0) is 9.63 Å². The molecule has 1 unspecified atom stereocenters. The quantitative estimate of drug-likeness (QED) is 0.835. The summed E-state index contributed by atoms with van der Waals surface area (Å²) in [4.78, 5) is 30.2. The van der Waals surface area contributed by atoms with Crippen LogP contribution >= 0.6 is 11.3 Å². The normalized spacial score (nSPS) is 16.2. The predicted molar refractivity (Wildman–Crippen MR) is 91.7 cm³/mol. The van der Waals surface area contributed by atoms with E-state index in [1.54, 1.807) is 12.1 Å². The van der Waals surface area contributed by atoms with Crippen LogP contribution < -0.4 is 16.2 Å². The van der Waals surface area contributed by atoms with Crippen LogP contribution in [0.25, 0.3) is 0 Å². The van der Waals surface area contributed by atoms with Crippen molar-refractivity contribution in [1.82, 2.24) is 5.43 Å². The molecule has 0 fully saturated rings. The topological polar surface area (TPSA) is 97.0 Å². The van der Waals surface area contributed by atoms with Gasteiger partial charge in [0.15, 0.2) is 0 Å². The molecule has 0 aliphatic carbocycles. The lowest BCUT2D eigenvalue weighted by molar-refractivity contribution is -0.131. The third kappa shape index (κ3) is 3.38. The van der Waals surface area contributed by atoms with Gasteiger partial charge in [0, 0.05) is 6.42 Å². The van der Waals surface area contributed by atoms with E-state index in [-0.39, 0.29) is 0 Å². The van der Waals surface area contributed by atoms with E-state index in [9.17, 15) is 9.59 Å². The molecule has 1 aliphatic rings. The van der Waals surface area contributed by atoms with Gasteiger partial charge in [0.1, 0.15) is 5.71 Å². The molecule has 7 nitrogen and oxygen atoms in total. The predicted octanol–water partition coefficient (Wildman–Crippen LogP) is 2.17. The smallest absolute Gasteiger partial charge is 0.338 e. The first-order valence-corrected chi connectivity index (χ1v) is 8.16.